The van der Waals surface area contributed by atoms with Crippen LogP contribution in [-0.4, -0.2) is 41.5 Å². The Hall–Kier alpha value is -1.88. The van der Waals surface area contributed by atoms with E-state index in [-0.39, 0.29) is 12.0 Å². The van der Waals surface area contributed by atoms with Gasteiger partial charge >= 0.3 is 11.8 Å². The summed E-state index contributed by atoms with van der Waals surface area (Å²) >= 11 is 0. The minimum absolute atomic E-state index is 0.0742. The van der Waals surface area contributed by atoms with E-state index in [1.165, 1.54) is 4.90 Å². The Bertz CT molecular complexity index is 544. The highest BCUT2D eigenvalue weighted by atomic mass is 16.3. The number of hydrogen-bond donors (Lipinski definition) is 2. The second kappa shape index (κ2) is 7.40. The molecule has 2 amide bonds. The first-order valence-electron chi connectivity index (χ1n) is 7.84. The molecule has 0 saturated heterocycles. The van der Waals surface area contributed by atoms with Gasteiger partial charge in [-0.1, -0.05) is 25.5 Å². The van der Waals surface area contributed by atoms with E-state index < -0.39 is 11.8 Å². The zero-order valence-electron chi connectivity index (χ0n) is 13.2. The second-order valence-corrected chi connectivity index (χ2v) is 5.95. The summed E-state index contributed by atoms with van der Waals surface area (Å²) in [6.07, 6.45) is 3.17. The average molecular weight is 304 g/mol. The predicted octanol–water partition coefficient (Wildman–Crippen LogP) is 1.81. The Labute approximate surface area is 131 Å². The van der Waals surface area contributed by atoms with Gasteiger partial charge in [-0.3, -0.25) is 9.59 Å². The summed E-state index contributed by atoms with van der Waals surface area (Å²) in [4.78, 5) is 25.6. The Morgan fingerprint density at radius 1 is 1.36 bits per heavy atom. The third-order valence-corrected chi connectivity index (χ3v) is 4.26. The molecule has 2 N–H and O–H groups in total. The molecule has 120 valence electrons. The number of hydrogen-bond acceptors (Lipinski definition) is 3. The number of carbonyl (C=O) groups is 2. The van der Waals surface area contributed by atoms with Crippen LogP contribution in [0.5, 0.6) is 0 Å². The van der Waals surface area contributed by atoms with Gasteiger partial charge in [0, 0.05) is 25.2 Å². The van der Waals surface area contributed by atoms with Crippen LogP contribution in [0.3, 0.4) is 0 Å². The lowest BCUT2D eigenvalue weighted by Gasteiger charge is -2.22. The van der Waals surface area contributed by atoms with Gasteiger partial charge < -0.3 is 15.3 Å². The number of aliphatic hydroxyl groups excluding tert-OH is 1. The zero-order chi connectivity index (χ0) is 16.1. The Morgan fingerprint density at radius 2 is 2.14 bits per heavy atom. The number of nitrogens with one attached hydrogen (secondary N) is 1. The van der Waals surface area contributed by atoms with E-state index in [9.17, 15) is 14.7 Å². The van der Waals surface area contributed by atoms with Crippen LogP contribution in [0.1, 0.15) is 31.7 Å². The normalized spacial score (nSPS) is 20.7. The van der Waals surface area contributed by atoms with Gasteiger partial charge in [0.15, 0.2) is 0 Å². The molecule has 0 bridgehead atoms. The van der Waals surface area contributed by atoms with Crippen LogP contribution in [0.4, 0.5) is 5.69 Å². The van der Waals surface area contributed by atoms with Gasteiger partial charge in [0.2, 0.25) is 0 Å². The third-order valence-electron chi connectivity index (χ3n) is 4.26. The molecule has 0 aliphatic heterocycles. The van der Waals surface area contributed by atoms with Crippen molar-refractivity contribution in [1.82, 2.24) is 4.90 Å². The molecule has 0 spiro atoms. The zero-order valence-corrected chi connectivity index (χ0v) is 13.2. The van der Waals surface area contributed by atoms with E-state index >= 15 is 0 Å². The van der Waals surface area contributed by atoms with Gasteiger partial charge in [0.05, 0.1) is 6.10 Å². The fourth-order valence-electron chi connectivity index (χ4n) is 2.89. The topological polar surface area (TPSA) is 69.6 Å². The van der Waals surface area contributed by atoms with E-state index in [1.54, 1.807) is 13.1 Å². The molecule has 22 heavy (non-hydrogen) atoms. The molecule has 0 aromatic heterocycles. The summed E-state index contributed by atoms with van der Waals surface area (Å²) in [6, 6.07) is 7.47. The Kier molecular flexibility index (Phi) is 5.55. The quantitative estimate of drug-likeness (QED) is 0.834. The number of anilines is 1. The maximum Gasteiger partial charge on any atom is 0.313 e. The lowest BCUT2D eigenvalue weighted by molar-refractivity contribution is -0.142. The molecule has 1 fully saturated rings. The SMILES string of the molecule is CCc1cccc(NC(=O)C(=O)N(C)CC2CCCC2O)c1. The molecular weight excluding hydrogens is 280 g/mol. The van der Waals surface area contributed by atoms with Crippen molar-refractivity contribution in [2.24, 2.45) is 5.92 Å². The molecule has 2 rings (SSSR count). The van der Waals surface area contributed by atoms with E-state index in [4.69, 9.17) is 0 Å². The molecule has 1 aromatic rings. The first-order chi connectivity index (χ1) is 10.5. The molecule has 2 atom stereocenters. The number of benzene rings is 1. The van der Waals surface area contributed by atoms with Crippen LogP contribution < -0.4 is 5.32 Å². The van der Waals surface area contributed by atoms with Crippen molar-refractivity contribution >= 4 is 17.5 Å². The van der Waals surface area contributed by atoms with Crippen molar-refractivity contribution in [3.05, 3.63) is 29.8 Å². The van der Waals surface area contributed by atoms with Gasteiger partial charge in [-0.2, -0.15) is 0 Å². The van der Waals surface area contributed by atoms with Gasteiger partial charge in [-0.25, -0.2) is 0 Å². The Morgan fingerprint density at radius 3 is 2.77 bits per heavy atom. The van der Waals surface area contributed by atoms with Gasteiger partial charge in [-0.05, 0) is 37.0 Å². The van der Waals surface area contributed by atoms with Crippen molar-refractivity contribution in [2.45, 2.75) is 38.7 Å². The summed E-state index contributed by atoms with van der Waals surface area (Å²) in [5.74, 6) is -1.13. The summed E-state index contributed by atoms with van der Waals surface area (Å²) < 4.78 is 0. The highest BCUT2D eigenvalue weighted by Crippen LogP contribution is 2.26. The molecular formula is C17H24N2O3. The fraction of sp³-hybridized carbons (Fsp3) is 0.529. The maximum absolute atomic E-state index is 12.1. The van der Waals surface area contributed by atoms with Crippen molar-refractivity contribution < 1.29 is 14.7 Å². The summed E-state index contributed by atoms with van der Waals surface area (Å²) in [5.41, 5.74) is 1.74. The number of amides is 2. The molecule has 5 heteroatoms. The summed E-state index contributed by atoms with van der Waals surface area (Å²) in [7, 11) is 1.61. The molecule has 5 nitrogen and oxygen atoms in total. The average Bonchev–Trinajstić information content (AvgIpc) is 2.91. The minimum atomic E-state index is -0.636. The van der Waals surface area contributed by atoms with Crippen molar-refractivity contribution in [1.29, 1.82) is 0 Å². The lowest BCUT2D eigenvalue weighted by atomic mass is 10.1. The van der Waals surface area contributed by atoms with Crippen LogP contribution >= 0.6 is 0 Å². The number of rotatable bonds is 4. The van der Waals surface area contributed by atoms with Crippen LogP contribution in [0, 0.1) is 5.92 Å². The van der Waals surface area contributed by atoms with Crippen LogP contribution in [-0.2, 0) is 16.0 Å². The van der Waals surface area contributed by atoms with E-state index in [1.807, 2.05) is 25.1 Å². The molecule has 1 aliphatic rings. The molecule has 2 unspecified atom stereocenters. The van der Waals surface area contributed by atoms with Crippen LogP contribution in [0.2, 0.25) is 0 Å². The second-order valence-electron chi connectivity index (χ2n) is 5.95. The molecule has 0 radical (unpaired) electrons. The minimum Gasteiger partial charge on any atom is -0.393 e. The number of carbonyl (C=O) groups excluding carboxylic acids is 2. The third kappa shape index (κ3) is 4.07. The monoisotopic (exact) mass is 304 g/mol. The van der Waals surface area contributed by atoms with E-state index in [0.29, 0.717) is 12.2 Å². The smallest absolute Gasteiger partial charge is 0.313 e. The number of aryl methyl sites for hydroxylation is 1. The van der Waals surface area contributed by atoms with E-state index in [2.05, 4.69) is 5.32 Å². The lowest BCUT2D eigenvalue weighted by Crippen LogP contribution is -2.41. The molecule has 1 saturated carbocycles. The number of likely N-dealkylation sites (N-methyl/N-ethyl adjacent to an activating group) is 1. The molecule has 1 aliphatic carbocycles. The predicted molar refractivity (Wildman–Crippen MR) is 85.4 cm³/mol. The van der Waals surface area contributed by atoms with Crippen LogP contribution in [0.25, 0.3) is 0 Å². The fourth-order valence-corrected chi connectivity index (χ4v) is 2.89. The van der Waals surface area contributed by atoms with Gasteiger partial charge in [0.25, 0.3) is 0 Å². The first-order valence-corrected chi connectivity index (χ1v) is 7.84. The van der Waals surface area contributed by atoms with Crippen molar-refractivity contribution in [3.63, 3.8) is 0 Å². The summed E-state index contributed by atoms with van der Waals surface area (Å²) in [6.45, 7) is 2.45. The van der Waals surface area contributed by atoms with Crippen molar-refractivity contribution in [2.75, 3.05) is 18.9 Å². The molecule has 0 heterocycles. The molecule has 1 aromatic carbocycles. The van der Waals surface area contributed by atoms with Gasteiger partial charge in [0.1, 0.15) is 0 Å². The standard InChI is InChI=1S/C17H24N2O3/c1-3-12-6-4-8-14(10-12)18-16(21)17(22)19(2)11-13-7-5-9-15(13)20/h4,6,8,10,13,15,20H,3,5,7,9,11H2,1-2H3,(H,18,21). The number of aliphatic hydroxyl groups is 1. The Balaban J connectivity index is 1.91. The highest BCUT2D eigenvalue weighted by molar-refractivity contribution is 6.39. The maximum atomic E-state index is 12.1. The van der Waals surface area contributed by atoms with E-state index in [0.717, 1.165) is 31.2 Å². The largest absolute Gasteiger partial charge is 0.393 e. The highest BCUT2D eigenvalue weighted by Gasteiger charge is 2.29. The first kappa shape index (κ1) is 16.5. The van der Waals surface area contributed by atoms with Crippen LogP contribution in [0.15, 0.2) is 24.3 Å². The summed E-state index contributed by atoms with van der Waals surface area (Å²) in [5, 5.41) is 12.5. The number of nitrogens with zero attached hydrogens (tertiary/aromatic N) is 1. The van der Waals surface area contributed by atoms with Crippen molar-refractivity contribution in [3.8, 4) is 0 Å². The van der Waals surface area contributed by atoms with Gasteiger partial charge in [-0.15, -0.1) is 0 Å².